The van der Waals surface area contributed by atoms with E-state index >= 15 is 0 Å². The summed E-state index contributed by atoms with van der Waals surface area (Å²) in [5.41, 5.74) is 2.73. The number of rotatable bonds is 6. The Balaban J connectivity index is 2.04. The highest BCUT2D eigenvalue weighted by Crippen LogP contribution is 2.10. The van der Waals surface area contributed by atoms with Crippen molar-refractivity contribution in [1.82, 2.24) is 0 Å². The van der Waals surface area contributed by atoms with Gasteiger partial charge in [-0.15, -0.1) is 0 Å². The largest absolute Gasteiger partial charge is 0.399 e. The van der Waals surface area contributed by atoms with Crippen LogP contribution in [0.5, 0.6) is 0 Å². The number of hydrogen-bond donors (Lipinski definition) is 1. The smallest absolute Gasteiger partial charge is 0.106 e. The van der Waals surface area contributed by atoms with Crippen molar-refractivity contribution in [1.29, 1.82) is 0 Å². The first-order valence-corrected chi connectivity index (χ1v) is 6.86. The van der Waals surface area contributed by atoms with Crippen molar-refractivity contribution >= 4 is 11.8 Å². The molecule has 3 heteroatoms. The van der Waals surface area contributed by atoms with Crippen LogP contribution in [0.4, 0.5) is 0 Å². The molecule has 0 radical (unpaired) electrons. The van der Waals surface area contributed by atoms with E-state index < -0.39 is 6.10 Å². The van der Waals surface area contributed by atoms with Gasteiger partial charge >= 0.3 is 0 Å². The van der Waals surface area contributed by atoms with Crippen LogP contribution in [0.25, 0.3) is 6.08 Å². The molecular weight excluding hydrogens is 262 g/mol. The van der Waals surface area contributed by atoms with Crippen LogP contribution in [-0.2, 0) is 4.84 Å². The van der Waals surface area contributed by atoms with Gasteiger partial charge in [-0.1, -0.05) is 78.0 Å². The van der Waals surface area contributed by atoms with Crippen LogP contribution >= 0.6 is 0 Å². The minimum absolute atomic E-state index is 0.404. The van der Waals surface area contributed by atoms with Gasteiger partial charge in [-0.05, 0) is 11.1 Å². The van der Waals surface area contributed by atoms with Crippen molar-refractivity contribution in [2.45, 2.75) is 12.5 Å². The Morgan fingerprint density at radius 2 is 1.71 bits per heavy atom. The number of nitrogens with zero attached hydrogens (tertiary/aromatic N) is 1. The van der Waals surface area contributed by atoms with E-state index in [1.54, 1.807) is 6.08 Å². The van der Waals surface area contributed by atoms with E-state index in [2.05, 4.69) is 5.16 Å². The zero-order chi connectivity index (χ0) is 14.9. The van der Waals surface area contributed by atoms with Crippen molar-refractivity contribution in [3.05, 3.63) is 77.9 Å². The van der Waals surface area contributed by atoms with E-state index in [0.717, 1.165) is 16.8 Å². The van der Waals surface area contributed by atoms with E-state index in [-0.39, 0.29) is 0 Å². The Morgan fingerprint density at radius 1 is 1.10 bits per heavy atom. The van der Waals surface area contributed by atoms with Gasteiger partial charge in [-0.25, -0.2) is 0 Å². The molecule has 1 atom stereocenters. The molecule has 0 aliphatic carbocycles. The molecule has 0 fully saturated rings. The molecule has 0 saturated heterocycles. The maximum absolute atomic E-state index is 10.1. The lowest BCUT2D eigenvalue weighted by molar-refractivity contribution is 0.205. The molecule has 1 N–H and O–H groups in total. The van der Waals surface area contributed by atoms with Crippen LogP contribution in [0, 0.1) is 0 Å². The Hall–Kier alpha value is -2.39. The summed E-state index contributed by atoms with van der Waals surface area (Å²) in [4.78, 5) is 4.87. The summed E-state index contributed by atoms with van der Waals surface area (Å²) in [6.07, 6.45) is 3.46. The van der Waals surface area contributed by atoms with Gasteiger partial charge in [0, 0.05) is 6.42 Å². The van der Waals surface area contributed by atoms with Gasteiger partial charge in [-0.2, -0.15) is 0 Å². The number of aliphatic hydroxyl groups is 1. The van der Waals surface area contributed by atoms with Gasteiger partial charge in [0.15, 0.2) is 0 Å². The quantitative estimate of drug-likeness (QED) is 0.650. The molecule has 0 aliphatic heterocycles. The van der Waals surface area contributed by atoms with Gasteiger partial charge in [0.25, 0.3) is 0 Å². The van der Waals surface area contributed by atoms with E-state index in [1.807, 2.05) is 66.7 Å². The van der Waals surface area contributed by atoms with Crippen LogP contribution in [0.15, 0.2) is 71.9 Å². The zero-order valence-electron chi connectivity index (χ0n) is 12.0. The number of hydrogen-bond acceptors (Lipinski definition) is 3. The Labute approximate surface area is 125 Å². The van der Waals surface area contributed by atoms with Crippen molar-refractivity contribution < 1.29 is 9.94 Å². The number of oxime groups is 1. The molecular formula is C18H19NO2. The summed E-state index contributed by atoms with van der Waals surface area (Å²) in [7, 11) is 1.51. The molecule has 0 aliphatic rings. The maximum atomic E-state index is 10.1. The summed E-state index contributed by atoms with van der Waals surface area (Å²) in [5.74, 6) is 0. The minimum atomic E-state index is -0.612. The molecule has 3 nitrogen and oxygen atoms in total. The van der Waals surface area contributed by atoms with E-state index in [0.29, 0.717) is 6.42 Å². The fourth-order valence-corrected chi connectivity index (χ4v) is 2.00. The molecule has 0 heterocycles. The van der Waals surface area contributed by atoms with Gasteiger partial charge in [0.2, 0.25) is 0 Å². The van der Waals surface area contributed by atoms with E-state index in [4.69, 9.17) is 4.84 Å². The lowest BCUT2D eigenvalue weighted by Gasteiger charge is -2.09. The first-order chi connectivity index (χ1) is 10.3. The van der Waals surface area contributed by atoms with Crippen LogP contribution in [0.3, 0.4) is 0 Å². The molecule has 21 heavy (non-hydrogen) atoms. The highest BCUT2D eigenvalue weighted by molar-refractivity contribution is 6.00. The highest BCUT2D eigenvalue weighted by Gasteiger charge is 2.09. The molecule has 2 aromatic rings. The highest BCUT2D eigenvalue weighted by atomic mass is 16.6. The molecule has 108 valence electrons. The zero-order valence-corrected chi connectivity index (χ0v) is 12.0. The lowest BCUT2D eigenvalue weighted by atomic mass is 10.0. The summed E-state index contributed by atoms with van der Waals surface area (Å²) in [6.45, 7) is 0. The van der Waals surface area contributed by atoms with Gasteiger partial charge in [0.05, 0.1) is 11.8 Å². The Bertz CT molecular complexity index is 591. The van der Waals surface area contributed by atoms with Crippen molar-refractivity contribution in [2.75, 3.05) is 7.11 Å². The van der Waals surface area contributed by atoms with Crippen molar-refractivity contribution in [2.24, 2.45) is 5.16 Å². The molecule has 0 aromatic heterocycles. The summed E-state index contributed by atoms with van der Waals surface area (Å²) < 4.78 is 0. The summed E-state index contributed by atoms with van der Waals surface area (Å²) in [5, 5.41) is 14.2. The lowest BCUT2D eigenvalue weighted by Crippen LogP contribution is -2.12. The number of benzene rings is 2. The monoisotopic (exact) mass is 281 g/mol. The van der Waals surface area contributed by atoms with Gasteiger partial charge in [-0.3, -0.25) is 0 Å². The standard InChI is InChI=1S/C18H19NO2/c1-21-19-18(16-10-6-3-7-11-16)14-17(20)13-12-15-8-4-2-5-9-15/h2-13,17,20H,14H2,1H3/b13-12+,19-18-. The van der Waals surface area contributed by atoms with E-state index in [9.17, 15) is 5.11 Å². The second-order valence-corrected chi connectivity index (χ2v) is 4.63. The average Bonchev–Trinajstić information content (AvgIpc) is 2.54. The molecule has 0 bridgehead atoms. The van der Waals surface area contributed by atoms with Gasteiger partial charge in [0.1, 0.15) is 7.11 Å². The summed E-state index contributed by atoms with van der Waals surface area (Å²) in [6, 6.07) is 19.6. The molecule has 2 aromatic carbocycles. The van der Waals surface area contributed by atoms with Crippen LogP contribution in [-0.4, -0.2) is 24.0 Å². The third kappa shape index (κ3) is 4.89. The topological polar surface area (TPSA) is 41.8 Å². The fourth-order valence-electron chi connectivity index (χ4n) is 2.00. The summed E-state index contributed by atoms with van der Waals surface area (Å²) >= 11 is 0. The SMILES string of the molecule is CO/N=C(/CC(O)/C=C/c1ccccc1)c1ccccc1. The Morgan fingerprint density at radius 3 is 2.33 bits per heavy atom. The normalized spacial score (nSPS) is 13.3. The first kappa shape index (κ1) is 15.0. The second-order valence-electron chi connectivity index (χ2n) is 4.63. The van der Waals surface area contributed by atoms with Gasteiger partial charge < -0.3 is 9.94 Å². The van der Waals surface area contributed by atoms with E-state index in [1.165, 1.54) is 7.11 Å². The second kappa shape index (κ2) is 8.02. The average molecular weight is 281 g/mol. The van der Waals surface area contributed by atoms with Crippen molar-refractivity contribution in [3.8, 4) is 0 Å². The third-order valence-corrected chi connectivity index (χ3v) is 3.02. The fraction of sp³-hybridized carbons (Fsp3) is 0.167. The molecule has 0 amide bonds. The molecule has 1 unspecified atom stereocenters. The number of aliphatic hydroxyl groups excluding tert-OH is 1. The molecule has 0 saturated carbocycles. The van der Waals surface area contributed by atoms with Crippen LogP contribution in [0.2, 0.25) is 0 Å². The van der Waals surface area contributed by atoms with Crippen LogP contribution < -0.4 is 0 Å². The molecule has 2 rings (SSSR count). The molecule has 0 spiro atoms. The Kier molecular flexibility index (Phi) is 5.73. The first-order valence-electron chi connectivity index (χ1n) is 6.86. The van der Waals surface area contributed by atoms with Crippen molar-refractivity contribution in [3.63, 3.8) is 0 Å². The third-order valence-electron chi connectivity index (χ3n) is 3.02. The minimum Gasteiger partial charge on any atom is -0.399 e. The maximum Gasteiger partial charge on any atom is 0.106 e. The predicted molar refractivity (Wildman–Crippen MR) is 86.1 cm³/mol. The van der Waals surface area contributed by atoms with Crippen LogP contribution in [0.1, 0.15) is 17.5 Å². The predicted octanol–water partition coefficient (Wildman–Crippen LogP) is 3.50.